The van der Waals surface area contributed by atoms with Gasteiger partial charge in [-0.1, -0.05) is 43.6 Å². The van der Waals surface area contributed by atoms with E-state index in [1.807, 2.05) is 24.3 Å². The molecule has 0 saturated carbocycles. The summed E-state index contributed by atoms with van der Waals surface area (Å²) < 4.78 is 5.76. The zero-order chi connectivity index (χ0) is 15.2. The van der Waals surface area contributed by atoms with Crippen molar-refractivity contribution in [3.05, 3.63) is 35.9 Å². The molecule has 0 amide bonds. The molecule has 0 aliphatic heterocycles. The summed E-state index contributed by atoms with van der Waals surface area (Å²) in [5.74, 6) is 1.02. The number of rotatable bonds is 6. The van der Waals surface area contributed by atoms with Crippen LogP contribution < -0.4 is 10.5 Å². The number of nitrogens with two attached hydrogens (primary N) is 1. The Morgan fingerprint density at radius 2 is 2.19 bits per heavy atom. The van der Waals surface area contributed by atoms with Crippen molar-refractivity contribution in [2.24, 2.45) is 16.8 Å². The van der Waals surface area contributed by atoms with Crippen LogP contribution in [0.1, 0.15) is 32.3 Å². The van der Waals surface area contributed by atoms with Crippen molar-refractivity contribution < 1.29 is 9.94 Å². The summed E-state index contributed by atoms with van der Waals surface area (Å²) in [6.45, 7) is 4.91. The van der Waals surface area contributed by atoms with E-state index in [0.29, 0.717) is 24.0 Å². The predicted molar refractivity (Wildman–Crippen MR) is 83.8 cm³/mol. The lowest BCUT2D eigenvalue weighted by molar-refractivity contribution is 0.244. The molecule has 1 unspecified atom stereocenters. The highest BCUT2D eigenvalue weighted by atomic mass is 16.5. The van der Waals surface area contributed by atoms with E-state index in [1.54, 1.807) is 6.07 Å². The van der Waals surface area contributed by atoms with Crippen LogP contribution >= 0.6 is 0 Å². The Morgan fingerprint density at radius 1 is 1.43 bits per heavy atom. The molecular weight excluding hydrogens is 266 g/mol. The van der Waals surface area contributed by atoms with Crippen LogP contribution in [0.15, 0.2) is 35.5 Å². The van der Waals surface area contributed by atoms with Gasteiger partial charge in [0.2, 0.25) is 5.88 Å². The van der Waals surface area contributed by atoms with Crippen molar-refractivity contribution in [3.63, 3.8) is 0 Å². The first kappa shape index (κ1) is 15.1. The number of fused-ring (bicyclic) bond motifs is 1. The molecule has 0 aliphatic carbocycles. The maximum absolute atomic E-state index is 8.93. The Hall–Kier alpha value is -2.30. The van der Waals surface area contributed by atoms with Crippen molar-refractivity contribution in [2.75, 3.05) is 6.61 Å². The molecule has 0 fully saturated rings. The summed E-state index contributed by atoms with van der Waals surface area (Å²) in [5.41, 5.74) is 7.14. The van der Waals surface area contributed by atoms with Crippen molar-refractivity contribution in [2.45, 2.75) is 26.7 Å². The predicted octanol–water partition coefficient (Wildman–Crippen LogP) is 3.14. The van der Waals surface area contributed by atoms with Crippen LogP contribution in [0.5, 0.6) is 5.88 Å². The number of nitrogens with zero attached hydrogens (tertiary/aromatic N) is 2. The summed E-state index contributed by atoms with van der Waals surface area (Å²) >= 11 is 0. The minimum Gasteiger partial charge on any atom is -0.477 e. The normalized spacial score (nSPS) is 13.3. The topological polar surface area (TPSA) is 80.7 Å². The van der Waals surface area contributed by atoms with E-state index >= 15 is 0 Å². The van der Waals surface area contributed by atoms with E-state index < -0.39 is 0 Å². The molecule has 0 saturated heterocycles. The Kier molecular flexibility index (Phi) is 4.98. The van der Waals surface area contributed by atoms with Crippen LogP contribution in [-0.2, 0) is 0 Å². The van der Waals surface area contributed by atoms with Gasteiger partial charge in [0.25, 0.3) is 0 Å². The Bertz CT molecular complexity index is 640. The van der Waals surface area contributed by atoms with Gasteiger partial charge in [-0.2, -0.15) is 0 Å². The molecule has 21 heavy (non-hydrogen) atoms. The van der Waals surface area contributed by atoms with E-state index in [0.717, 1.165) is 23.7 Å². The smallest absolute Gasteiger partial charge is 0.214 e. The van der Waals surface area contributed by atoms with Gasteiger partial charge in [0.05, 0.1) is 12.1 Å². The van der Waals surface area contributed by atoms with Gasteiger partial charge >= 0.3 is 0 Å². The van der Waals surface area contributed by atoms with E-state index in [9.17, 15) is 0 Å². The average Bonchev–Trinajstić information content (AvgIpc) is 2.51. The van der Waals surface area contributed by atoms with Crippen molar-refractivity contribution in [1.82, 2.24) is 4.98 Å². The molecule has 0 aliphatic rings. The molecule has 2 aromatic rings. The van der Waals surface area contributed by atoms with Gasteiger partial charge < -0.3 is 15.7 Å². The highest BCUT2D eigenvalue weighted by molar-refractivity contribution is 6.08. The van der Waals surface area contributed by atoms with Crippen LogP contribution in [0.25, 0.3) is 10.9 Å². The third kappa shape index (κ3) is 3.62. The zero-order valence-electron chi connectivity index (χ0n) is 12.4. The summed E-state index contributed by atoms with van der Waals surface area (Å²) in [4.78, 5) is 4.47. The molecule has 1 aromatic heterocycles. The number of hydrogen-bond donors (Lipinski definition) is 2. The molecule has 1 atom stereocenters. The molecule has 0 radical (unpaired) electrons. The lowest BCUT2D eigenvalue weighted by Gasteiger charge is -2.13. The fraction of sp³-hybridized carbons (Fsp3) is 0.375. The van der Waals surface area contributed by atoms with Gasteiger partial charge in [0.1, 0.15) is 0 Å². The van der Waals surface area contributed by atoms with Crippen LogP contribution in [0.4, 0.5) is 0 Å². The second kappa shape index (κ2) is 6.92. The fourth-order valence-electron chi connectivity index (χ4n) is 2.29. The maximum Gasteiger partial charge on any atom is 0.214 e. The minimum absolute atomic E-state index is 0.0556. The van der Waals surface area contributed by atoms with Gasteiger partial charge in [-0.3, -0.25) is 0 Å². The number of ether oxygens (including phenoxy) is 1. The first-order valence-electron chi connectivity index (χ1n) is 7.16. The van der Waals surface area contributed by atoms with Gasteiger partial charge in [0, 0.05) is 17.0 Å². The Balaban J connectivity index is 2.33. The second-order valence-electron chi connectivity index (χ2n) is 5.22. The van der Waals surface area contributed by atoms with Crippen LogP contribution in [0.3, 0.4) is 0 Å². The number of pyridine rings is 1. The quantitative estimate of drug-likeness (QED) is 0.370. The SMILES string of the molecule is CCCC(C)COc1cc(/C(N)=N/O)c2ccccc2n1. The number of aromatic nitrogens is 1. The monoisotopic (exact) mass is 287 g/mol. The standard InChI is InChI=1S/C16H21N3O2/c1-3-6-11(2)10-21-15-9-13(16(17)19-20)12-7-4-5-8-14(12)18-15/h4-5,7-9,11,20H,3,6,10H2,1-2H3,(H2,17,19). The average molecular weight is 287 g/mol. The number of para-hydroxylation sites is 1. The molecule has 2 rings (SSSR count). The van der Waals surface area contributed by atoms with Crippen molar-refractivity contribution in [1.29, 1.82) is 0 Å². The number of amidine groups is 1. The Labute approximate surface area is 124 Å². The van der Waals surface area contributed by atoms with Crippen LogP contribution in [-0.4, -0.2) is 22.6 Å². The van der Waals surface area contributed by atoms with Gasteiger partial charge in [-0.05, 0) is 18.4 Å². The summed E-state index contributed by atoms with van der Waals surface area (Å²) in [7, 11) is 0. The highest BCUT2D eigenvalue weighted by Crippen LogP contribution is 2.22. The Morgan fingerprint density at radius 3 is 2.90 bits per heavy atom. The van der Waals surface area contributed by atoms with E-state index in [1.165, 1.54) is 0 Å². The minimum atomic E-state index is 0.0556. The molecule has 112 valence electrons. The summed E-state index contributed by atoms with van der Waals surface area (Å²) in [6.07, 6.45) is 2.24. The van der Waals surface area contributed by atoms with Crippen LogP contribution in [0, 0.1) is 5.92 Å². The molecule has 1 aromatic carbocycles. The first-order valence-corrected chi connectivity index (χ1v) is 7.16. The first-order chi connectivity index (χ1) is 10.2. The number of hydrogen-bond acceptors (Lipinski definition) is 4. The number of oxime groups is 1. The van der Waals surface area contributed by atoms with E-state index in [-0.39, 0.29) is 5.84 Å². The van der Waals surface area contributed by atoms with Gasteiger partial charge in [-0.15, -0.1) is 0 Å². The van der Waals surface area contributed by atoms with E-state index in [2.05, 4.69) is 24.0 Å². The molecular formula is C16H21N3O2. The molecule has 1 heterocycles. The lowest BCUT2D eigenvalue weighted by atomic mass is 10.1. The molecule has 0 spiro atoms. The van der Waals surface area contributed by atoms with E-state index in [4.69, 9.17) is 15.7 Å². The van der Waals surface area contributed by atoms with Crippen molar-refractivity contribution >= 4 is 16.7 Å². The van der Waals surface area contributed by atoms with Gasteiger partial charge in [0.15, 0.2) is 5.84 Å². The summed E-state index contributed by atoms with van der Waals surface area (Å²) in [5, 5.41) is 12.8. The largest absolute Gasteiger partial charge is 0.477 e. The second-order valence-corrected chi connectivity index (χ2v) is 5.22. The highest BCUT2D eigenvalue weighted by Gasteiger charge is 2.11. The molecule has 5 nitrogen and oxygen atoms in total. The molecule has 0 bridgehead atoms. The summed E-state index contributed by atoms with van der Waals surface area (Å²) in [6, 6.07) is 9.28. The number of benzene rings is 1. The molecule has 5 heteroatoms. The third-order valence-corrected chi connectivity index (χ3v) is 3.37. The molecule has 3 N–H and O–H groups in total. The fourth-order valence-corrected chi connectivity index (χ4v) is 2.29. The van der Waals surface area contributed by atoms with Gasteiger partial charge in [-0.25, -0.2) is 4.98 Å². The zero-order valence-corrected chi connectivity index (χ0v) is 12.4. The lowest BCUT2D eigenvalue weighted by Crippen LogP contribution is -2.15. The van der Waals surface area contributed by atoms with Crippen LogP contribution in [0.2, 0.25) is 0 Å². The maximum atomic E-state index is 8.93. The van der Waals surface area contributed by atoms with Crippen molar-refractivity contribution in [3.8, 4) is 5.88 Å². The third-order valence-electron chi connectivity index (χ3n) is 3.37.